The minimum absolute atomic E-state index is 0.119. The number of benzene rings is 2. The molecule has 2 nitrogen and oxygen atoms in total. The lowest BCUT2D eigenvalue weighted by Gasteiger charge is -2.14. The fourth-order valence-electron chi connectivity index (χ4n) is 1.98. The summed E-state index contributed by atoms with van der Waals surface area (Å²) in [6, 6.07) is 13.4. The third-order valence-corrected chi connectivity index (χ3v) is 4.19. The molecule has 2 rings (SSSR count). The summed E-state index contributed by atoms with van der Waals surface area (Å²) < 4.78 is 1.66. The number of amides is 1. The normalized spacial score (nSPS) is 10.7. The van der Waals surface area contributed by atoms with Gasteiger partial charge in [0, 0.05) is 14.6 Å². The van der Waals surface area contributed by atoms with Crippen molar-refractivity contribution in [2.45, 2.75) is 19.8 Å². The standard InChI is InChI=1S/C16H15Br2NO/c1-10(2)12-5-3-4-6-15(12)19-16(20)13-9-11(17)7-8-14(13)18/h3-10H,1-2H3,(H,19,20). The van der Waals surface area contributed by atoms with Crippen LogP contribution in [0.2, 0.25) is 0 Å². The van der Waals surface area contributed by atoms with Crippen molar-refractivity contribution >= 4 is 43.5 Å². The zero-order valence-electron chi connectivity index (χ0n) is 11.3. The molecule has 0 heterocycles. The van der Waals surface area contributed by atoms with E-state index in [1.807, 2.05) is 36.4 Å². The SMILES string of the molecule is CC(C)c1ccccc1NC(=O)c1cc(Br)ccc1Br. The molecule has 0 aliphatic carbocycles. The lowest BCUT2D eigenvalue weighted by molar-refractivity contribution is 0.102. The molecule has 20 heavy (non-hydrogen) atoms. The number of carbonyl (C=O) groups is 1. The summed E-state index contributed by atoms with van der Waals surface area (Å²) in [4.78, 5) is 12.4. The Balaban J connectivity index is 2.31. The average molecular weight is 397 g/mol. The van der Waals surface area contributed by atoms with Gasteiger partial charge in [-0.05, 0) is 51.7 Å². The highest BCUT2D eigenvalue weighted by molar-refractivity contribution is 9.11. The summed E-state index contributed by atoms with van der Waals surface area (Å²) in [5, 5.41) is 2.99. The highest BCUT2D eigenvalue weighted by Gasteiger charge is 2.13. The molecule has 0 saturated carbocycles. The first kappa shape index (κ1) is 15.3. The first-order valence-electron chi connectivity index (χ1n) is 6.34. The van der Waals surface area contributed by atoms with E-state index in [0.29, 0.717) is 11.5 Å². The Bertz CT molecular complexity index is 638. The monoisotopic (exact) mass is 395 g/mol. The zero-order valence-corrected chi connectivity index (χ0v) is 14.5. The molecule has 0 bridgehead atoms. The van der Waals surface area contributed by atoms with Gasteiger partial charge in [-0.25, -0.2) is 0 Å². The predicted octanol–water partition coefficient (Wildman–Crippen LogP) is 5.59. The summed E-state index contributed by atoms with van der Waals surface area (Å²) in [6.45, 7) is 4.22. The Morgan fingerprint density at radius 1 is 1.10 bits per heavy atom. The summed E-state index contributed by atoms with van der Waals surface area (Å²) >= 11 is 6.80. The van der Waals surface area contributed by atoms with E-state index in [1.165, 1.54) is 0 Å². The maximum atomic E-state index is 12.4. The molecule has 0 radical (unpaired) electrons. The van der Waals surface area contributed by atoms with Crippen molar-refractivity contribution in [2.24, 2.45) is 0 Å². The van der Waals surface area contributed by atoms with E-state index in [4.69, 9.17) is 0 Å². The van der Waals surface area contributed by atoms with Gasteiger partial charge in [-0.2, -0.15) is 0 Å². The van der Waals surface area contributed by atoms with Crippen molar-refractivity contribution in [3.63, 3.8) is 0 Å². The van der Waals surface area contributed by atoms with E-state index in [-0.39, 0.29) is 5.91 Å². The van der Waals surface area contributed by atoms with Gasteiger partial charge in [-0.1, -0.05) is 48.0 Å². The second kappa shape index (κ2) is 6.55. The van der Waals surface area contributed by atoms with Crippen molar-refractivity contribution < 1.29 is 4.79 Å². The molecule has 2 aromatic carbocycles. The van der Waals surface area contributed by atoms with Crippen LogP contribution in [0, 0.1) is 0 Å². The van der Waals surface area contributed by atoms with E-state index < -0.39 is 0 Å². The maximum absolute atomic E-state index is 12.4. The molecule has 2 aromatic rings. The number of anilines is 1. The van der Waals surface area contributed by atoms with E-state index in [0.717, 1.165) is 20.2 Å². The zero-order chi connectivity index (χ0) is 14.7. The lowest BCUT2D eigenvalue weighted by Crippen LogP contribution is -2.14. The topological polar surface area (TPSA) is 29.1 Å². The van der Waals surface area contributed by atoms with Crippen LogP contribution in [-0.2, 0) is 0 Å². The number of halogens is 2. The first-order chi connectivity index (χ1) is 9.49. The Labute approximate surface area is 135 Å². The Kier molecular flexibility index (Phi) is 5.00. The van der Waals surface area contributed by atoms with E-state index in [9.17, 15) is 4.79 Å². The fraction of sp³-hybridized carbons (Fsp3) is 0.188. The molecular formula is C16H15Br2NO. The van der Waals surface area contributed by atoms with Crippen LogP contribution in [0.3, 0.4) is 0 Å². The van der Waals surface area contributed by atoms with Gasteiger partial charge in [-0.15, -0.1) is 0 Å². The van der Waals surface area contributed by atoms with E-state index >= 15 is 0 Å². The minimum Gasteiger partial charge on any atom is -0.322 e. The average Bonchev–Trinajstić information content (AvgIpc) is 2.41. The molecule has 0 aliphatic rings. The van der Waals surface area contributed by atoms with Crippen molar-refractivity contribution in [3.05, 3.63) is 62.5 Å². The van der Waals surface area contributed by atoms with Gasteiger partial charge < -0.3 is 5.32 Å². The van der Waals surface area contributed by atoms with Gasteiger partial charge >= 0.3 is 0 Å². The number of hydrogen-bond acceptors (Lipinski definition) is 1. The Hall–Kier alpha value is -1.13. The van der Waals surface area contributed by atoms with Gasteiger partial charge in [0.15, 0.2) is 0 Å². The molecule has 104 valence electrons. The fourth-order valence-corrected chi connectivity index (χ4v) is 2.76. The molecule has 0 spiro atoms. The highest BCUT2D eigenvalue weighted by Crippen LogP contribution is 2.26. The second-order valence-corrected chi connectivity index (χ2v) is 6.59. The van der Waals surface area contributed by atoms with Crippen LogP contribution in [0.15, 0.2) is 51.4 Å². The molecule has 0 saturated heterocycles. The van der Waals surface area contributed by atoms with Crippen LogP contribution >= 0.6 is 31.9 Å². The highest BCUT2D eigenvalue weighted by atomic mass is 79.9. The van der Waals surface area contributed by atoms with Crippen molar-refractivity contribution in [3.8, 4) is 0 Å². The smallest absolute Gasteiger partial charge is 0.256 e. The van der Waals surface area contributed by atoms with Gasteiger partial charge in [-0.3, -0.25) is 4.79 Å². The predicted molar refractivity (Wildman–Crippen MR) is 90.3 cm³/mol. The van der Waals surface area contributed by atoms with Crippen LogP contribution in [0.1, 0.15) is 35.7 Å². The lowest BCUT2D eigenvalue weighted by atomic mass is 10.0. The van der Waals surface area contributed by atoms with Crippen LogP contribution in [0.25, 0.3) is 0 Å². The number of nitrogens with one attached hydrogen (secondary N) is 1. The van der Waals surface area contributed by atoms with Gasteiger partial charge in [0.05, 0.1) is 5.56 Å². The molecule has 0 atom stereocenters. The van der Waals surface area contributed by atoms with Crippen LogP contribution < -0.4 is 5.32 Å². The summed E-state index contributed by atoms with van der Waals surface area (Å²) in [6.07, 6.45) is 0. The quantitative estimate of drug-likeness (QED) is 0.719. The van der Waals surface area contributed by atoms with Crippen molar-refractivity contribution in [1.82, 2.24) is 0 Å². The summed E-state index contributed by atoms with van der Waals surface area (Å²) in [5.74, 6) is 0.240. The molecule has 1 N–H and O–H groups in total. The number of para-hydroxylation sites is 1. The Morgan fingerprint density at radius 2 is 1.80 bits per heavy atom. The molecular weight excluding hydrogens is 382 g/mol. The van der Waals surface area contributed by atoms with Gasteiger partial charge in [0.2, 0.25) is 0 Å². The number of carbonyl (C=O) groups excluding carboxylic acids is 1. The maximum Gasteiger partial charge on any atom is 0.256 e. The van der Waals surface area contributed by atoms with Crippen LogP contribution in [0.4, 0.5) is 5.69 Å². The van der Waals surface area contributed by atoms with Crippen LogP contribution in [0.5, 0.6) is 0 Å². The molecule has 4 heteroatoms. The van der Waals surface area contributed by atoms with E-state index in [1.54, 1.807) is 6.07 Å². The van der Waals surface area contributed by atoms with Gasteiger partial charge in [0.1, 0.15) is 0 Å². The first-order valence-corrected chi connectivity index (χ1v) is 7.93. The molecule has 0 aliphatic heterocycles. The molecule has 0 aromatic heterocycles. The molecule has 0 fully saturated rings. The second-order valence-electron chi connectivity index (χ2n) is 4.82. The summed E-state index contributed by atoms with van der Waals surface area (Å²) in [7, 11) is 0. The largest absolute Gasteiger partial charge is 0.322 e. The number of rotatable bonds is 3. The molecule has 0 unspecified atom stereocenters. The minimum atomic E-state index is -0.119. The van der Waals surface area contributed by atoms with Crippen molar-refractivity contribution in [1.29, 1.82) is 0 Å². The third-order valence-electron chi connectivity index (χ3n) is 3.00. The van der Waals surface area contributed by atoms with Crippen LogP contribution in [-0.4, -0.2) is 5.91 Å². The van der Waals surface area contributed by atoms with Gasteiger partial charge in [0.25, 0.3) is 5.91 Å². The summed E-state index contributed by atoms with van der Waals surface area (Å²) in [5.41, 5.74) is 2.60. The third kappa shape index (κ3) is 3.49. The Morgan fingerprint density at radius 3 is 2.50 bits per heavy atom. The van der Waals surface area contributed by atoms with Crippen molar-refractivity contribution in [2.75, 3.05) is 5.32 Å². The number of hydrogen-bond donors (Lipinski definition) is 1. The van der Waals surface area contributed by atoms with E-state index in [2.05, 4.69) is 51.0 Å². The molecule has 1 amide bonds.